The Kier molecular flexibility index (Phi) is 5.58. The van der Waals surface area contributed by atoms with E-state index in [0.717, 1.165) is 49.2 Å². The van der Waals surface area contributed by atoms with Crippen LogP contribution in [-0.2, 0) is 33.9 Å². The van der Waals surface area contributed by atoms with Crippen molar-refractivity contribution in [3.05, 3.63) is 17.0 Å². The van der Waals surface area contributed by atoms with Crippen LogP contribution in [-0.4, -0.2) is 56.9 Å². The lowest BCUT2D eigenvalue weighted by Crippen LogP contribution is -2.45. The van der Waals surface area contributed by atoms with Crippen LogP contribution >= 0.6 is 0 Å². The average molecular weight is 361 g/mol. The maximum Gasteiger partial charge on any atom is 0.222 e. The van der Waals surface area contributed by atoms with Crippen molar-refractivity contribution in [2.45, 2.75) is 65.1 Å². The Morgan fingerprint density at radius 3 is 2.73 bits per heavy atom. The fourth-order valence-corrected chi connectivity index (χ4v) is 3.87. The lowest BCUT2D eigenvalue weighted by atomic mass is 9.99. The van der Waals surface area contributed by atoms with Gasteiger partial charge in [0.05, 0.1) is 12.2 Å². The number of nitrogens with one attached hydrogen (secondary N) is 2. The molecule has 0 spiro atoms. The predicted octanol–water partition coefficient (Wildman–Crippen LogP) is 0.722. The lowest BCUT2D eigenvalue weighted by Gasteiger charge is -2.34. The van der Waals surface area contributed by atoms with Gasteiger partial charge in [0.1, 0.15) is 0 Å². The zero-order valence-corrected chi connectivity index (χ0v) is 15.5. The first-order chi connectivity index (χ1) is 12.5. The van der Waals surface area contributed by atoms with E-state index in [0.29, 0.717) is 26.1 Å². The van der Waals surface area contributed by atoms with E-state index in [1.807, 2.05) is 4.90 Å². The maximum atomic E-state index is 12.4. The van der Waals surface area contributed by atoms with Crippen molar-refractivity contribution in [2.75, 3.05) is 13.1 Å². The third-order valence-corrected chi connectivity index (χ3v) is 5.37. The number of H-pyrrole nitrogens is 1. The van der Waals surface area contributed by atoms with Crippen LogP contribution in [0.15, 0.2) is 0 Å². The zero-order valence-electron chi connectivity index (χ0n) is 15.5. The highest BCUT2D eigenvalue weighted by molar-refractivity contribution is 5.79. The molecule has 8 heteroatoms. The lowest BCUT2D eigenvalue weighted by molar-refractivity contribution is -0.134. The van der Waals surface area contributed by atoms with Crippen LogP contribution in [0, 0.1) is 0 Å². The van der Waals surface area contributed by atoms with Crippen LogP contribution < -0.4 is 5.32 Å². The summed E-state index contributed by atoms with van der Waals surface area (Å²) in [5.41, 5.74) is 2.84. The molecule has 26 heavy (non-hydrogen) atoms. The van der Waals surface area contributed by atoms with Gasteiger partial charge >= 0.3 is 0 Å². The average Bonchev–Trinajstić information content (AvgIpc) is 3.02. The second-order valence-corrected chi connectivity index (χ2v) is 7.16. The number of rotatable bonds is 4. The molecule has 0 aliphatic carbocycles. The molecule has 3 rings (SSSR count). The smallest absolute Gasteiger partial charge is 0.222 e. The number of aromatic nitrogens is 2. The Labute approximate surface area is 153 Å². The number of fused-ring (bicyclic) bond motifs is 1. The van der Waals surface area contributed by atoms with Gasteiger partial charge in [0.2, 0.25) is 17.7 Å². The molecule has 8 nitrogen and oxygen atoms in total. The molecular formula is C18H27N5O3. The number of piperidine rings is 1. The van der Waals surface area contributed by atoms with Gasteiger partial charge in [-0.1, -0.05) is 0 Å². The molecule has 2 aliphatic heterocycles. The number of hydrogen-bond acceptors (Lipinski definition) is 4. The van der Waals surface area contributed by atoms with E-state index in [-0.39, 0.29) is 23.8 Å². The highest BCUT2D eigenvalue weighted by Crippen LogP contribution is 2.21. The Morgan fingerprint density at radius 2 is 2.00 bits per heavy atom. The van der Waals surface area contributed by atoms with E-state index in [2.05, 4.69) is 15.5 Å². The molecular weight excluding hydrogens is 334 g/mol. The number of nitrogens with zero attached hydrogens (tertiary/aromatic N) is 3. The molecule has 1 aromatic rings. The number of likely N-dealkylation sites (tertiary alicyclic amines) is 1. The summed E-state index contributed by atoms with van der Waals surface area (Å²) in [4.78, 5) is 39.3. The van der Waals surface area contributed by atoms with Crippen molar-refractivity contribution in [1.82, 2.24) is 25.3 Å². The molecule has 1 aromatic heterocycles. The van der Waals surface area contributed by atoms with Gasteiger partial charge < -0.3 is 15.1 Å². The number of carbonyl (C=O) groups excluding carboxylic acids is 3. The normalized spacial score (nSPS) is 19.8. The summed E-state index contributed by atoms with van der Waals surface area (Å²) >= 11 is 0. The van der Waals surface area contributed by atoms with Gasteiger partial charge in [-0.15, -0.1) is 0 Å². The molecule has 3 heterocycles. The van der Waals surface area contributed by atoms with Crippen LogP contribution in [0.25, 0.3) is 0 Å². The van der Waals surface area contributed by atoms with E-state index in [1.165, 1.54) is 0 Å². The Balaban J connectivity index is 1.56. The van der Waals surface area contributed by atoms with Gasteiger partial charge in [0, 0.05) is 63.6 Å². The first-order valence-electron chi connectivity index (χ1n) is 9.30. The summed E-state index contributed by atoms with van der Waals surface area (Å²) in [5, 5.41) is 10.3. The number of amides is 3. The Morgan fingerprint density at radius 1 is 1.19 bits per heavy atom. The largest absolute Gasteiger partial charge is 0.350 e. The molecule has 0 radical (unpaired) electrons. The van der Waals surface area contributed by atoms with Gasteiger partial charge in [0.15, 0.2) is 0 Å². The van der Waals surface area contributed by atoms with Gasteiger partial charge in [-0.2, -0.15) is 5.10 Å². The van der Waals surface area contributed by atoms with Gasteiger partial charge in [-0.3, -0.25) is 19.5 Å². The summed E-state index contributed by atoms with van der Waals surface area (Å²) in [6.45, 7) is 5.43. The summed E-state index contributed by atoms with van der Waals surface area (Å²) in [6.07, 6.45) is 4.01. The van der Waals surface area contributed by atoms with E-state index in [4.69, 9.17) is 0 Å². The fourth-order valence-electron chi connectivity index (χ4n) is 3.87. The molecule has 142 valence electrons. The van der Waals surface area contributed by atoms with E-state index >= 15 is 0 Å². The fraction of sp³-hybridized carbons (Fsp3) is 0.667. The second kappa shape index (κ2) is 7.88. The highest BCUT2D eigenvalue weighted by atomic mass is 16.2. The van der Waals surface area contributed by atoms with Gasteiger partial charge in [-0.25, -0.2) is 0 Å². The number of aromatic amines is 1. The van der Waals surface area contributed by atoms with Gasteiger partial charge in [-0.05, 0) is 19.3 Å². The van der Waals surface area contributed by atoms with Crippen molar-refractivity contribution in [1.29, 1.82) is 0 Å². The highest BCUT2D eigenvalue weighted by Gasteiger charge is 2.27. The quantitative estimate of drug-likeness (QED) is 0.826. The van der Waals surface area contributed by atoms with E-state index in [9.17, 15) is 14.4 Å². The summed E-state index contributed by atoms with van der Waals surface area (Å²) < 4.78 is 0. The minimum absolute atomic E-state index is 0.0115. The summed E-state index contributed by atoms with van der Waals surface area (Å²) in [5.74, 6) is 0.0146. The van der Waals surface area contributed by atoms with Crippen LogP contribution in [0.5, 0.6) is 0 Å². The molecule has 0 bridgehead atoms. The van der Waals surface area contributed by atoms with E-state index in [1.54, 1.807) is 18.7 Å². The minimum atomic E-state index is -0.0702. The van der Waals surface area contributed by atoms with E-state index < -0.39 is 0 Å². The van der Waals surface area contributed by atoms with Crippen LogP contribution in [0.1, 0.15) is 56.5 Å². The van der Waals surface area contributed by atoms with Crippen molar-refractivity contribution in [3.63, 3.8) is 0 Å². The number of hydrogen-bond donors (Lipinski definition) is 2. The molecule has 3 amide bonds. The molecule has 1 unspecified atom stereocenters. The SMILES string of the molecule is CC(=O)N1CCc2[nH]nc(CNC(=O)CC3CCCCN3C(C)=O)c2C1. The Bertz CT molecular complexity index is 699. The number of carbonyl (C=O) groups is 3. The molecule has 1 atom stereocenters. The van der Waals surface area contributed by atoms with Crippen LogP contribution in [0.3, 0.4) is 0 Å². The summed E-state index contributed by atoms with van der Waals surface area (Å²) in [7, 11) is 0. The predicted molar refractivity (Wildman–Crippen MR) is 94.9 cm³/mol. The minimum Gasteiger partial charge on any atom is -0.350 e. The first-order valence-corrected chi connectivity index (χ1v) is 9.30. The van der Waals surface area contributed by atoms with Crippen LogP contribution in [0.4, 0.5) is 0 Å². The third-order valence-electron chi connectivity index (χ3n) is 5.37. The van der Waals surface area contributed by atoms with Crippen molar-refractivity contribution >= 4 is 17.7 Å². The van der Waals surface area contributed by atoms with Gasteiger partial charge in [0.25, 0.3) is 0 Å². The first kappa shape index (κ1) is 18.4. The monoisotopic (exact) mass is 361 g/mol. The standard InChI is InChI=1S/C18H27N5O3/c1-12(24)22-8-6-16-15(11-22)17(21-20-16)10-19-18(26)9-14-5-3-4-7-23(14)13(2)25/h14H,3-11H2,1-2H3,(H,19,26)(H,20,21). The van der Waals surface area contributed by atoms with Crippen molar-refractivity contribution < 1.29 is 14.4 Å². The second-order valence-electron chi connectivity index (χ2n) is 7.16. The molecule has 1 saturated heterocycles. The molecule has 2 aliphatic rings. The molecule has 0 aromatic carbocycles. The third kappa shape index (κ3) is 4.05. The molecule has 0 saturated carbocycles. The van der Waals surface area contributed by atoms with Crippen molar-refractivity contribution in [3.8, 4) is 0 Å². The summed E-state index contributed by atoms with van der Waals surface area (Å²) in [6, 6.07) is -0.0115. The Hall–Kier alpha value is -2.38. The molecule has 2 N–H and O–H groups in total. The van der Waals surface area contributed by atoms with Crippen molar-refractivity contribution in [2.24, 2.45) is 0 Å². The molecule has 1 fully saturated rings. The zero-order chi connectivity index (χ0) is 18.7. The topological polar surface area (TPSA) is 98.4 Å². The van der Waals surface area contributed by atoms with Crippen LogP contribution in [0.2, 0.25) is 0 Å². The maximum absolute atomic E-state index is 12.4.